The van der Waals surface area contributed by atoms with Gasteiger partial charge in [-0.25, -0.2) is 14.2 Å². The Balaban J connectivity index is 1.74. The molecule has 0 fully saturated rings. The molecule has 0 aliphatic rings. The van der Waals surface area contributed by atoms with Crippen molar-refractivity contribution in [1.29, 1.82) is 0 Å². The van der Waals surface area contributed by atoms with E-state index in [1.807, 2.05) is 16.8 Å². The summed E-state index contributed by atoms with van der Waals surface area (Å²) in [5, 5.41) is 4.73. The molecule has 0 saturated heterocycles. The summed E-state index contributed by atoms with van der Waals surface area (Å²) in [7, 11) is 0. The molecule has 0 aliphatic heterocycles. The van der Waals surface area contributed by atoms with Crippen molar-refractivity contribution in [2.45, 2.75) is 13.5 Å². The van der Waals surface area contributed by atoms with E-state index in [4.69, 9.17) is 4.74 Å². The van der Waals surface area contributed by atoms with Gasteiger partial charge in [0.05, 0.1) is 5.69 Å². The lowest BCUT2D eigenvalue weighted by Crippen LogP contribution is -2.05. The third-order valence-electron chi connectivity index (χ3n) is 3.07. The summed E-state index contributed by atoms with van der Waals surface area (Å²) in [4.78, 5) is 17.0. The average Bonchev–Trinajstić information content (AvgIpc) is 3.15. The SMILES string of the molecule is Cc1nc(-c2ccsc2)sc1C(=O)OCc1ccccc1F. The van der Waals surface area contributed by atoms with Crippen LogP contribution >= 0.6 is 22.7 Å². The minimum absolute atomic E-state index is 0.0867. The first kappa shape index (κ1) is 14.9. The summed E-state index contributed by atoms with van der Waals surface area (Å²) in [5.74, 6) is -0.852. The summed E-state index contributed by atoms with van der Waals surface area (Å²) in [6.45, 7) is 1.68. The van der Waals surface area contributed by atoms with Crippen LogP contribution in [-0.4, -0.2) is 11.0 Å². The number of esters is 1. The highest BCUT2D eigenvalue weighted by atomic mass is 32.1. The third-order valence-corrected chi connectivity index (χ3v) is 4.94. The quantitative estimate of drug-likeness (QED) is 0.651. The first-order valence-corrected chi connectivity index (χ1v) is 8.31. The summed E-state index contributed by atoms with van der Waals surface area (Å²) in [6.07, 6.45) is 0. The molecule has 0 amide bonds. The average molecular weight is 333 g/mol. The molecule has 0 N–H and O–H groups in total. The zero-order chi connectivity index (χ0) is 15.5. The molecule has 6 heteroatoms. The smallest absolute Gasteiger partial charge is 0.350 e. The van der Waals surface area contributed by atoms with Crippen molar-refractivity contribution in [3.8, 4) is 10.6 Å². The highest BCUT2D eigenvalue weighted by Crippen LogP contribution is 2.30. The highest BCUT2D eigenvalue weighted by molar-refractivity contribution is 7.17. The lowest BCUT2D eigenvalue weighted by atomic mass is 10.2. The van der Waals surface area contributed by atoms with Gasteiger partial charge in [0.1, 0.15) is 22.3 Å². The molecule has 0 bridgehead atoms. The van der Waals surface area contributed by atoms with E-state index in [1.54, 1.807) is 36.5 Å². The predicted molar refractivity (Wildman–Crippen MR) is 85.7 cm³/mol. The fourth-order valence-corrected chi connectivity index (χ4v) is 3.59. The van der Waals surface area contributed by atoms with Crippen LogP contribution in [0.25, 0.3) is 10.6 Å². The van der Waals surface area contributed by atoms with Crippen LogP contribution in [-0.2, 0) is 11.3 Å². The van der Waals surface area contributed by atoms with Crippen molar-refractivity contribution in [2.75, 3.05) is 0 Å². The van der Waals surface area contributed by atoms with Crippen LogP contribution in [0.5, 0.6) is 0 Å². The number of benzene rings is 1. The lowest BCUT2D eigenvalue weighted by Gasteiger charge is -2.04. The maximum Gasteiger partial charge on any atom is 0.350 e. The number of rotatable bonds is 4. The minimum atomic E-state index is -0.472. The topological polar surface area (TPSA) is 39.2 Å². The normalized spacial score (nSPS) is 10.6. The second kappa shape index (κ2) is 6.37. The van der Waals surface area contributed by atoms with E-state index in [2.05, 4.69) is 4.98 Å². The van der Waals surface area contributed by atoms with Gasteiger partial charge in [-0.2, -0.15) is 11.3 Å². The molecule has 112 valence electrons. The van der Waals surface area contributed by atoms with Crippen molar-refractivity contribution in [3.63, 3.8) is 0 Å². The van der Waals surface area contributed by atoms with E-state index in [1.165, 1.54) is 17.4 Å². The van der Waals surface area contributed by atoms with Crippen molar-refractivity contribution >= 4 is 28.6 Å². The maximum atomic E-state index is 13.5. The second-order valence-electron chi connectivity index (χ2n) is 4.61. The fraction of sp³-hybridized carbons (Fsp3) is 0.125. The van der Waals surface area contributed by atoms with Crippen molar-refractivity contribution < 1.29 is 13.9 Å². The zero-order valence-electron chi connectivity index (χ0n) is 11.7. The molecule has 1 aromatic carbocycles. The maximum absolute atomic E-state index is 13.5. The Bertz CT molecular complexity index is 796. The number of thiazole rings is 1. The van der Waals surface area contributed by atoms with E-state index in [0.717, 1.165) is 10.6 Å². The number of aryl methyl sites for hydroxylation is 1. The van der Waals surface area contributed by atoms with Crippen LogP contribution in [0.3, 0.4) is 0 Å². The first-order chi connectivity index (χ1) is 10.6. The van der Waals surface area contributed by atoms with Gasteiger partial charge in [0.25, 0.3) is 0 Å². The summed E-state index contributed by atoms with van der Waals surface area (Å²) >= 11 is 2.87. The number of carbonyl (C=O) groups excluding carboxylic acids is 1. The van der Waals surface area contributed by atoms with Crippen molar-refractivity contribution in [2.24, 2.45) is 0 Å². The number of aromatic nitrogens is 1. The molecule has 0 atom stereocenters. The number of carbonyl (C=O) groups is 1. The predicted octanol–water partition coefficient (Wildman–Crippen LogP) is 4.68. The molecule has 0 spiro atoms. The number of halogens is 1. The molecule has 0 unspecified atom stereocenters. The Morgan fingerprint density at radius 1 is 1.32 bits per heavy atom. The molecule has 0 saturated carbocycles. The van der Waals surface area contributed by atoms with Crippen LogP contribution in [0.15, 0.2) is 41.1 Å². The van der Waals surface area contributed by atoms with E-state index < -0.39 is 5.97 Å². The molecular weight excluding hydrogens is 321 g/mol. The Morgan fingerprint density at radius 3 is 2.86 bits per heavy atom. The molecule has 0 aliphatic carbocycles. The van der Waals surface area contributed by atoms with Gasteiger partial charge in [-0.15, -0.1) is 11.3 Å². The van der Waals surface area contributed by atoms with Crippen LogP contribution in [0.4, 0.5) is 4.39 Å². The van der Waals surface area contributed by atoms with Gasteiger partial charge in [-0.3, -0.25) is 0 Å². The van der Waals surface area contributed by atoms with Gasteiger partial charge < -0.3 is 4.74 Å². The van der Waals surface area contributed by atoms with Gasteiger partial charge in [0.2, 0.25) is 0 Å². The minimum Gasteiger partial charge on any atom is -0.456 e. The van der Waals surface area contributed by atoms with E-state index in [9.17, 15) is 9.18 Å². The van der Waals surface area contributed by atoms with Gasteiger partial charge in [0.15, 0.2) is 0 Å². The number of ether oxygens (including phenoxy) is 1. The van der Waals surface area contributed by atoms with Gasteiger partial charge in [0, 0.05) is 16.5 Å². The largest absolute Gasteiger partial charge is 0.456 e. The molecule has 22 heavy (non-hydrogen) atoms. The lowest BCUT2D eigenvalue weighted by molar-refractivity contribution is 0.0473. The molecule has 0 radical (unpaired) electrons. The number of thiophene rings is 1. The summed E-state index contributed by atoms with van der Waals surface area (Å²) in [6, 6.07) is 8.20. The van der Waals surface area contributed by atoms with Crippen LogP contribution < -0.4 is 0 Å². The second-order valence-corrected chi connectivity index (χ2v) is 6.39. The zero-order valence-corrected chi connectivity index (χ0v) is 13.3. The van der Waals surface area contributed by atoms with E-state index in [-0.39, 0.29) is 12.4 Å². The molecule has 3 rings (SSSR count). The van der Waals surface area contributed by atoms with Gasteiger partial charge in [-0.05, 0) is 24.4 Å². The highest BCUT2D eigenvalue weighted by Gasteiger charge is 2.18. The Kier molecular flexibility index (Phi) is 4.31. The standard InChI is InChI=1S/C16H12FNO2S2/c1-10-14(22-15(18-10)12-6-7-21-9-12)16(19)20-8-11-4-2-3-5-13(11)17/h2-7,9H,8H2,1H3. The van der Waals surface area contributed by atoms with Crippen LogP contribution in [0, 0.1) is 12.7 Å². The first-order valence-electron chi connectivity index (χ1n) is 6.55. The van der Waals surface area contributed by atoms with Crippen molar-refractivity contribution in [1.82, 2.24) is 4.98 Å². The van der Waals surface area contributed by atoms with Crippen LogP contribution in [0.1, 0.15) is 20.9 Å². The Labute approximate surface area is 135 Å². The number of hydrogen-bond acceptors (Lipinski definition) is 5. The number of hydrogen-bond donors (Lipinski definition) is 0. The Hall–Kier alpha value is -2.05. The fourth-order valence-electron chi connectivity index (χ4n) is 1.92. The molecule has 2 aromatic heterocycles. The third kappa shape index (κ3) is 3.08. The molecule has 3 aromatic rings. The van der Waals surface area contributed by atoms with Crippen LogP contribution in [0.2, 0.25) is 0 Å². The monoisotopic (exact) mass is 333 g/mol. The summed E-state index contributed by atoms with van der Waals surface area (Å²) < 4.78 is 18.7. The Morgan fingerprint density at radius 2 is 2.14 bits per heavy atom. The van der Waals surface area contributed by atoms with Gasteiger partial charge in [-0.1, -0.05) is 18.2 Å². The number of nitrogens with zero attached hydrogens (tertiary/aromatic N) is 1. The summed E-state index contributed by atoms with van der Waals surface area (Å²) in [5.41, 5.74) is 1.98. The van der Waals surface area contributed by atoms with Crippen molar-refractivity contribution in [3.05, 3.63) is 63.0 Å². The van der Waals surface area contributed by atoms with Gasteiger partial charge >= 0.3 is 5.97 Å². The molecular formula is C16H12FNO2S2. The molecule has 2 heterocycles. The molecule has 3 nitrogen and oxygen atoms in total. The van der Waals surface area contributed by atoms with E-state index in [0.29, 0.717) is 16.1 Å². The van der Waals surface area contributed by atoms with E-state index >= 15 is 0 Å².